The van der Waals surface area contributed by atoms with Crippen molar-refractivity contribution in [3.63, 3.8) is 0 Å². The van der Waals surface area contributed by atoms with E-state index >= 15 is 4.79 Å². The second-order valence-corrected chi connectivity index (χ2v) is 14.9. The molecular formula is C39H46N5O7P. The molecule has 1 aliphatic heterocycles. The van der Waals surface area contributed by atoms with Gasteiger partial charge in [-0.3, -0.25) is 9.66 Å². The standard InChI is InChI=1S/C39H46N5O7P/c1-3-50-52(48,51-4-2)26-49-31-18-15-29(16-19-31)24-43-34(22-27-11-7-5-8-12-27)36(45)37(46)35(23-28-13-9-6-10-14-28)44(39(43)47)25-30-17-20-33-32(21-30)38(40)42-41-33/h5-21,34-37,45-46H,3-4,22-26H2,1-2H3,(H3,40,41,42)/t34-,35-,36+,37+/m1/s1. The van der Waals surface area contributed by atoms with Gasteiger partial charge in [0.1, 0.15) is 18.0 Å². The smallest absolute Gasteiger partial charge is 0.367 e. The van der Waals surface area contributed by atoms with Crippen LogP contribution in [0.1, 0.15) is 36.1 Å². The summed E-state index contributed by atoms with van der Waals surface area (Å²) in [7, 11) is -3.42. The first-order valence-corrected chi connectivity index (χ1v) is 19.2. The van der Waals surface area contributed by atoms with Crippen molar-refractivity contribution in [2.75, 3.05) is 25.3 Å². The summed E-state index contributed by atoms with van der Waals surface area (Å²) >= 11 is 0. The Morgan fingerprint density at radius 2 is 1.27 bits per heavy atom. The number of anilines is 1. The zero-order valence-corrected chi connectivity index (χ0v) is 30.3. The number of nitrogens with one attached hydrogen (secondary N) is 1. The summed E-state index contributed by atoms with van der Waals surface area (Å²) in [5, 5.41) is 31.8. The Morgan fingerprint density at radius 1 is 0.750 bits per heavy atom. The van der Waals surface area contributed by atoms with Crippen LogP contribution in [0.2, 0.25) is 0 Å². The molecule has 1 aliphatic rings. The fourth-order valence-corrected chi connectivity index (χ4v) is 8.06. The van der Waals surface area contributed by atoms with E-state index < -0.39 is 31.9 Å². The lowest BCUT2D eigenvalue weighted by Crippen LogP contribution is -2.50. The fraction of sp³-hybridized carbons (Fsp3) is 0.333. The molecule has 2 heterocycles. The number of nitrogens with zero attached hydrogens (tertiary/aromatic N) is 3. The third kappa shape index (κ3) is 8.66. The minimum atomic E-state index is -3.42. The van der Waals surface area contributed by atoms with Gasteiger partial charge in [0.05, 0.1) is 30.8 Å². The maximum Gasteiger partial charge on any atom is 0.367 e. The largest absolute Gasteiger partial charge is 0.481 e. The van der Waals surface area contributed by atoms with Gasteiger partial charge in [0, 0.05) is 18.5 Å². The zero-order chi connectivity index (χ0) is 36.7. The highest BCUT2D eigenvalue weighted by molar-refractivity contribution is 7.53. The number of nitrogens with two attached hydrogens (primary N) is 1. The maximum atomic E-state index is 15.0. The summed E-state index contributed by atoms with van der Waals surface area (Å²) in [5.41, 5.74) is 10.3. The number of aromatic nitrogens is 2. The van der Waals surface area contributed by atoms with Crippen molar-refractivity contribution in [2.24, 2.45) is 0 Å². The maximum absolute atomic E-state index is 15.0. The molecule has 1 saturated heterocycles. The molecule has 5 aromatic rings. The molecule has 0 radical (unpaired) electrons. The fourth-order valence-electron chi connectivity index (χ4n) is 6.74. The highest BCUT2D eigenvalue weighted by Gasteiger charge is 2.46. The van der Waals surface area contributed by atoms with Crippen LogP contribution in [0.3, 0.4) is 0 Å². The predicted octanol–water partition coefficient (Wildman–Crippen LogP) is 6.13. The average Bonchev–Trinajstić information content (AvgIpc) is 3.51. The Kier molecular flexibility index (Phi) is 11.9. The van der Waals surface area contributed by atoms with Crippen molar-refractivity contribution in [3.8, 4) is 5.75 Å². The molecule has 52 heavy (non-hydrogen) atoms. The number of amides is 2. The number of urea groups is 1. The summed E-state index contributed by atoms with van der Waals surface area (Å²) in [4.78, 5) is 18.4. The Labute approximate surface area is 303 Å². The van der Waals surface area contributed by atoms with Crippen LogP contribution in [0.25, 0.3) is 10.9 Å². The van der Waals surface area contributed by atoms with Gasteiger partial charge in [0.25, 0.3) is 0 Å². The van der Waals surface area contributed by atoms with E-state index in [1.807, 2.05) is 91.0 Å². The van der Waals surface area contributed by atoms with Crippen molar-refractivity contribution < 1.29 is 33.4 Å². The van der Waals surface area contributed by atoms with Gasteiger partial charge in [0.15, 0.2) is 12.2 Å². The number of carbonyl (C=O) groups excluding carboxylic acids is 1. The van der Waals surface area contributed by atoms with E-state index in [1.165, 1.54) is 0 Å². The molecule has 274 valence electrons. The number of nitrogen functional groups attached to an aromatic ring is 1. The first-order valence-electron chi connectivity index (χ1n) is 17.5. The van der Waals surface area contributed by atoms with E-state index in [-0.39, 0.29) is 38.7 Å². The van der Waals surface area contributed by atoms with Crippen LogP contribution in [0, 0.1) is 0 Å². The second kappa shape index (κ2) is 16.8. The first kappa shape index (κ1) is 37.1. The number of H-pyrrole nitrogens is 1. The van der Waals surface area contributed by atoms with Crippen molar-refractivity contribution in [1.29, 1.82) is 0 Å². The summed E-state index contributed by atoms with van der Waals surface area (Å²) in [6, 6.07) is 30.2. The van der Waals surface area contributed by atoms with Crippen molar-refractivity contribution in [2.45, 2.75) is 64.1 Å². The van der Waals surface area contributed by atoms with E-state index in [9.17, 15) is 14.8 Å². The number of carbonyl (C=O) groups is 1. The average molecular weight is 728 g/mol. The second-order valence-electron chi connectivity index (χ2n) is 12.9. The van der Waals surface area contributed by atoms with Gasteiger partial charge in [-0.15, -0.1) is 0 Å². The van der Waals surface area contributed by atoms with Gasteiger partial charge in [-0.05, 0) is 73.2 Å². The number of hydrogen-bond donors (Lipinski definition) is 4. The molecule has 13 heteroatoms. The van der Waals surface area contributed by atoms with Gasteiger partial charge in [0.2, 0.25) is 0 Å². The van der Waals surface area contributed by atoms with Crippen molar-refractivity contribution in [1.82, 2.24) is 20.0 Å². The molecule has 12 nitrogen and oxygen atoms in total. The predicted molar refractivity (Wildman–Crippen MR) is 200 cm³/mol. The van der Waals surface area contributed by atoms with Crippen molar-refractivity contribution >= 4 is 30.3 Å². The molecule has 4 aromatic carbocycles. The third-order valence-electron chi connectivity index (χ3n) is 9.33. The number of benzene rings is 4. The highest BCUT2D eigenvalue weighted by Crippen LogP contribution is 2.48. The van der Waals surface area contributed by atoms with E-state index in [0.717, 1.165) is 33.2 Å². The Hall–Kier alpha value is -4.71. The number of ether oxygens (including phenoxy) is 1. The topological polar surface area (TPSA) is 163 Å². The molecule has 2 amide bonds. The molecule has 5 N–H and O–H groups in total. The van der Waals surface area contributed by atoms with Gasteiger partial charge in [-0.1, -0.05) is 78.9 Å². The molecule has 0 spiro atoms. The summed E-state index contributed by atoms with van der Waals surface area (Å²) in [6.07, 6.45) is -2.14. The number of aliphatic hydroxyl groups excluding tert-OH is 2. The number of fused-ring (bicyclic) bond motifs is 1. The summed E-state index contributed by atoms with van der Waals surface area (Å²) in [6.45, 7) is 4.22. The Bertz CT molecular complexity index is 1950. The SMILES string of the molecule is CCOP(=O)(COc1ccc(CN2C(=O)N(Cc3ccc4[nH]nc(N)c4c3)[C@H](Cc3ccccc3)[C@H](O)[C@@H](O)[C@H]2Cc2ccccc2)cc1)OCC. The van der Waals surface area contributed by atoms with Crippen LogP contribution in [-0.2, 0) is 39.5 Å². The van der Waals surface area contributed by atoms with Crippen LogP contribution < -0.4 is 10.5 Å². The van der Waals surface area contributed by atoms with Gasteiger partial charge >= 0.3 is 13.6 Å². The number of hydrogen-bond acceptors (Lipinski definition) is 9. The number of aromatic amines is 1. The molecule has 0 bridgehead atoms. The van der Waals surface area contributed by atoms with E-state index in [2.05, 4.69) is 10.2 Å². The molecule has 4 atom stereocenters. The zero-order valence-electron chi connectivity index (χ0n) is 29.4. The Balaban J connectivity index is 1.35. The van der Waals surface area contributed by atoms with Gasteiger partial charge < -0.3 is 39.5 Å². The van der Waals surface area contributed by atoms with E-state index in [1.54, 1.807) is 35.8 Å². The lowest BCUT2D eigenvalue weighted by molar-refractivity contribution is -0.0408. The lowest BCUT2D eigenvalue weighted by Gasteiger charge is -2.36. The molecule has 1 fully saturated rings. The van der Waals surface area contributed by atoms with Gasteiger partial charge in [-0.25, -0.2) is 4.79 Å². The highest BCUT2D eigenvalue weighted by atomic mass is 31.2. The van der Waals surface area contributed by atoms with Crippen LogP contribution in [0.5, 0.6) is 5.75 Å². The van der Waals surface area contributed by atoms with Gasteiger partial charge in [-0.2, -0.15) is 5.10 Å². The lowest BCUT2D eigenvalue weighted by atomic mass is 9.91. The summed E-state index contributed by atoms with van der Waals surface area (Å²) in [5.74, 6) is 0.811. The first-order chi connectivity index (χ1) is 25.2. The third-order valence-corrected chi connectivity index (χ3v) is 11.1. The molecule has 1 aromatic heterocycles. The molecular weight excluding hydrogens is 681 g/mol. The summed E-state index contributed by atoms with van der Waals surface area (Å²) < 4.78 is 29.4. The molecule has 0 saturated carbocycles. The van der Waals surface area contributed by atoms with Crippen LogP contribution >= 0.6 is 7.60 Å². The van der Waals surface area contributed by atoms with E-state index in [4.69, 9.17) is 19.5 Å². The number of rotatable bonds is 15. The normalized spacial score (nSPS) is 19.6. The number of aliphatic hydroxyl groups is 2. The molecule has 0 unspecified atom stereocenters. The molecule has 0 aliphatic carbocycles. The van der Waals surface area contributed by atoms with Crippen LogP contribution in [0.4, 0.5) is 10.6 Å². The van der Waals surface area contributed by atoms with Crippen molar-refractivity contribution in [3.05, 3.63) is 125 Å². The van der Waals surface area contributed by atoms with Crippen LogP contribution in [-0.4, -0.2) is 80.1 Å². The molecule has 6 rings (SSSR count). The Morgan fingerprint density at radius 3 is 1.81 bits per heavy atom. The monoisotopic (exact) mass is 727 g/mol. The minimum Gasteiger partial charge on any atom is -0.481 e. The van der Waals surface area contributed by atoms with Crippen LogP contribution in [0.15, 0.2) is 103 Å². The van der Waals surface area contributed by atoms with E-state index in [0.29, 0.717) is 24.4 Å². The minimum absolute atomic E-state index is 0.138. The quantitative estimate of drug-likeness (QED) is 0.0930.